The summed E-state index contributed by atoms with van der Waals surface area (Å²) in [6.07, 6.45) is 2.60. The molecule has 1 aliphatic heterocycles. The van der Waals surface area contributed by atoms with Gasteiger partial charge in [0, 0.05) is 32.2 Å². The molecular weight excluding hydrogens is 320 g/mol. The number of halogens is 1. The van der Waals surface area contributed by atoms with Gasteiger partial charge in [-0.2, -0.15) is 0 Å². The summed E-state index contributed by atoms with van der Waals surface area (Å²) in [5.41, 5.74) is 1.25. The molecule has 5 heteroatoms. The number of hydrogen-bond acceptors (Lipinski definition) is 4. The zero-order valence-corrected chi connectivity index (χ0v) is 13.3. The van der Waals surface area contributed by atoms with Crippen LogP contribution in [-0.4, -0.2) is 43.3 Å². The fourth-order valence-electron chi connectivity index (χ4n) is 3.07. The molecule has 1 atom stereocenters. The number of nitrogens with one attached hydrogen (secondary N) is 1. The fraction of sp³-hybridized carbons (Fsp3) is 0.600. The van der Waals surface area contributed by atoms with Crippen LogP contribution in [0.3, 0.4) is 0 Å². The highest BCUT2D eigenvalue weighted by Gasteiger charge is 2.37. The number of aromatic hydroxyl groups is 1. The molecule has 1 saturated heterocycles. The molecule has 4 nitrogen and oxygen atoms in total. The molecule has 1 aliphatic carbocycles. The van der Waals surface area contributed by atoms with Crippen LogP contribution >= 0.6 is 15.9 Å². The van der Waals surface area contributed by atoms with Gasteiger partial charge in [0.1, 0.15) is 0 Å². The molecule has 0 aromatic heterocycles. The average Bonchev–Trinajstić information content (AvgIpc) is 3.28. The standard InChI is InChI=1S/C15H21BrN2O2/c1-20-13-9-11(8-12(16)15(13)19)14(10-2-3-10)18-6-4-17-5-7-18/h8-10,14,17,19H,2-7H2,1H3/t14-/m1/s1. The Morgan fingerprint density at radius 1 is 1.35 bits per heavy atom. The molecule has 3 rings (SSSR count). The minimum atomic E-state index is 0.186. The second-order valence-electron chi connectivity index (χ2n) is 5.62. The molecule has 1 heterocycles. The Morgan fingerprint density at radius 2 is 2.05 bits per heavy atom. The highest BCUT2D eigenvalue weighted by Crippen LogP contribution is 2.47. The van der Waals surface area contributed by atoms with Crippen molar-refractivity contribution in [1.82, 2.24) is 10.2 Å². The molecule has 0 bridgehead atoms. The maximum absolute atomic E-state index is 9.97. The quantitative estimate of drug-likeness (QED) is 0.883. The van der Waals surface area contributed by atoms with E-state index in [0.29, 0.717) is 16.3 Å². The monoisotopic (exact) mass is 340 g/mol. The summed E-state index contributed by atoms with van der Waals surface area (Å²) >= 11 is 3.44. The van der Waals surface area contributed by atoms with Crippen LogP contribution in [0.25, 0.3) is 0 Å². The Hall–Kier alpha value is -0.780. The van der Waals surface area contributed by atoms with Gasteiger partial charge in [-0.3, -0.25) is 4.90 Å². The molecule has 2 N–H and O–H groups in total. The average molecular weight is 341 g/mol. The van der Waals surface area contributed by atoms with Crippen LogP contribution in [0.15, 0.2) is 16.6 Å². The normalized spacial score (nSPS) is 21.7. The minimum absolute atomic E-state index is 0.186. The van der Waals surface area contributed by atoms with Crippen molar-refractivity contribution in [1.29, 1.82) is 0 Å². The number of rotatable bonds is 4. The summed E-state index contributed by atoms with van der Waals surface area (Å²) in [7, 11) is 1.60. The van der Waals surface area contributed by atoms with Crippen LogP contribution in [0.5, 0.6) is 11.5 Å². The van der Waals surface area contributed by atoms with Crippen molar-refractivity contribution in [3.63, 3.8) is 0 Å². The predicted molar refractivity (Wildman–Crippen MR) is 82.3 cm³/mol. The fourth-order valence-corrected chi connectivity index (χ4v) is 3.53. The first-order valence-corrected chi connectivity index (χ1v) is 8.01. The van der Waals surface area contributed by atoms with Crippen molar-refractivity contribution in [2.24, 2.45) is 5.92 Å². The number of piperazine rings is 1. The Bertz CT molecular complexity index is 485. The van der Waals surface area contributed by atoms with Gasteiger partial charge >= 0.3 is 0 Å². The summed E-state index contributed by atoms with van der Waals surface area (Å²) in [4.78, 5) is 2.56. The lowest BCUT2D eigenvalue weighted by Crippen LogP contribution is -2.45. The van der Waals surface area contributed by atoms with E-state index in [-0.39, 0.29) is 5.75 Å². The second-order valence-corrected chi connectivity index (χ2v) is 6.48. The van der Waals surface area contributed by atoms with Gasteiger partial charge in [0.05, 0.1) is 11.6 Å². The zero-order chi connectivity index (χ0) is 14.1. The summed E-state index contributed by atoms with van der Waals surface area (Å²) in [5, 5.41) is 13.4. The Balaban J connectivity index is 1.92. The molecule has 2 fully saturated rings. The van der Waals surface area contributed by atoms with E-state index in [1.807, 2.05) is 12.1 Å². The Morgan fingerprint density at radius 3 is 2.65 bits per heavy atom. The van der Waals surface area contributed by atoms with Crippen LogP contribution < -0.4 is 10.1 Å². The third-order valence-corrected chi connectivity index (χ3v) is 4.83. The first-order chi connectivity index (χ1) is 9.70. The summed E-state index contributed by atoms with van der Waals surface area (Å²) in [6, 6.07) is 4.48. The van der Waals surface area contributed by atoms with Gasteiger partial charge in [-0.15, -0.1) is 0 Å². The lowest BCUT2D eigenvalue weighted by atomic mass is 9.99. The largest absolute Gasteiger partial charge is 0.503 e. The SMILES string of the molecule is COc1cc([C@@H](C2CC2)N2CCNCC2)cc(Br)c1O. The number of methoxy groups -OCH3 is 1. The molecule has 0 unspecified atom stereocenters. The molecule has 1 aromatic carbocycles. The molecule has 0 amide bonds. The van der Waals surface area contributed by atoms with Gasteiger partial charge < -0.3 is 15.2 Å². The van der Waals surface area contributed by atoms with Crippen molar-refractivity contribution in [2.75, 3.05) is 33.3 Å². The van der Waals surface area contributed by atoms with Crippen LogP contribution in [0, 0.1) is 5.92 Å². The van der Waals surface area contributed by atoms with Gasteiger partial charge in [-0.25, -0.2) is 0 Å². The van der Waals surface area contributed by atoms with Crippen molar-refractivity contribution in [3.8, 4) is 11.5 Å². The molecule has 0 radical (unpaired) electrons. The topological polar surface area (TPSA) is 44.7 Å². The van der Waals surface area contributed by atoms with Gasteiger partial charge in [0.2, 0.25) is 0 Å². The van der Waals surface area contributed by atoms with Crippen molar-refractivity contribution < 1.29 is 9.84 Å². The van der Waals surface area contributed by atoms with Gasteiger partial charge in [-0.1, -0.05) is 0 Å². The van der Waals surface area contributed by atoms with E-state index >= 15 is 0 Å². The molecule has 110 valence electrons. The van der Waals surface area contributed by atoms with E-state index in [9.17, 15) is 5.11 Å². The predicted octanol–water partition coefficient (Wildman–Crippen LogP) is 2.52. The second kappa shape index (κ2) is 5.92. The Kier molecular flexibility index (Phi) is 4.19. The highest BCUT2D eigenvalue weighted by atomic mass is 79.9. The molecule has 2 aliphatic rings. The third-order valence-electron chi connectivity index (χ3n) is 4.23. The molecule has 1 aromatic rings. The lowest BCUT2D eigenvalue weighted by Gasteiger charge is -2.35. The first kappa shape index (κ1) is 14.2. The summed E-state index contributed by atoms with van der Waals surface area (Å²) in [5.74, 6) is 1.48. The lowest BCUT2D eigenvalue weighted by molar-refractivity contribution is 0.156. The minimum Gasteiger partial charge on any atom is -0.503 e. The van der Waals surface area contributed by atoms with E-state index < -0.39 is 0 Å². The summed E-state index contributed by atoms with van der Waals surface area (Å²) < 4.78 is 6.01. The van der Waals surface area contributed by atoms with Crippen LogP contribution in [0.2, 0.25) is 0 Å². The maximum Gasteiger partial charge on any atom is 0.172 e. The van der Waals surface area contributed by atoms with Gasteiger partial charge in [0.15, 0.2) is 11.5 Å². The third kappa shape index (κ3) is 2.80. The molecule has 1 saturated carbocycles. The van der Waals surface area contributed by atoms with E-state index in [1.54, 1.807) is 7.11 Å². The highest BCUT2D eigenvalue weighted by molar-refractivity contribution is 9.10. The first-order valence-electron chi connectivity index (χ1n) is 7.22. The number of ether oxygens (including phenoxy) is 1. The van der Waals surface area contributed by atoms with E-state index in [2.05, 4.69) is 26.1 Å². The van der Waals surface area contributed by atoms with Gasteiger partial charge in [-0.05, 0) is 52.4 Å². The Labute approximate surface area is 128 Å². The van der Waals surface area contributed by atoms with Crippen LogP contribution in [0.4, 0.5) is 0 Å². The summed E-state index contributed by atoms with van der Waals surface area (Å²) in [6.45, 7) is 4.28. The zero-order valence-electron chi connectivity index (χ0n) is 11.7. The number of hydrogen-bond donors (Lipinski definition) is 2. The molecule has 20 heavy (non-hydrogen) atoms. The number of phenolic OH excluding ortho intramolecular Hbond substituents is 1. The number of nitrogens with zero attached hydrogens (tertiary/aromatic N) is 1. The van der Waals surface area contributed by atoms with Crippen LogP contribution in [-0.2, 0) is 0 Å². The molecule has 0 spiro atoms. The van der Waals surface area contributed by atoms with E-state index in [1.165, 1.54) is 18.4 Å². The number of phenols is 1. The van der Waals surface area contributed by atoms with Crippen molar-refractivity contribution in [3.05, 3.63) is 22.2 Å². The number of benzene rings is 1. The maximum atomic E-state index is 9.97. The smallest absolute Gasteiger partial charge is 0.172 e. The van der Waals surface area contributed by atoms with Crippen LogP contribution in [0.1, 0.15) is 24.4 Å². The van der Waals surface area contributed by atoms with E-state index in [4.69, 9.17) is 4.74 Å². The van der Waals surface area contributed by atoms with Gasteiger partial charge in [0.25, 0.3) is 0 Å². The molecular formula is C15H21BrN2O2. The van der Waals surface area contributed by atoms with Crippen molar-refractivity contribution >= 4 is 15.9 Å². The van der Waals surface area contributed by atoms with Crippen molar-refractivity contribution in [2.45, 2.75) is 18.9 Å². The van der Waals surface area contributed by atoms with E-state index in [0.717, 1.165) is 32.1 Å².